The van der Waals surface area contributed by atoms with Gasteiger partial charge < -0.3 is 25.4 Å². The van der Waals surface area contributed by atoms with Crippen molar-refractivity contribution in [2.45, 2.75) is 24.5 Å². The topological polar surface area (TPSA) is 166 Å². The highest BCUT2D eigenvalue weighted by Gasteiger charge is 2.47. The van der Waals surface area contributed by atoms with Gasteiger partial charge in [0.1, 0.15) is 18.0 Å². The van der Waals surface area contributed by atoms with Crippen LogP contribution in [0, 0.1) is 0 Å². The molecule has 0 aromatic carbocycles. The van der Waals surface area contributed by atoms with Gasteiger partial charge in [-0.1, -0.05) is 0 Å². The molecule has 11 nitrogen and oxygen atoms in total. The monoisotopic (exact) mass is 341 g/mol. The number of aliphatic hydroxyl groups is 1. The van der Waals surface area contributed by atoms with Crippen molar-refractivity contribution in [1.82, 2.24) is 9.55 Å². The van der Waals surface area contributed by atoms with Crippen LogP contribution in [0.2, 0.25) is 0 Å². The van der Waals surface area contributed by atoms with Crippen LogP contribution in [0.1, 0.15) is 6.23 Å². The lowest BCUT2D eigenvalue weighted by Crippen LogP contribution is -2.36. The van der Waals surface area contributed by atoms with Crippen molar-refractivity contribution >= 4 is 13.6 Å². The van der Waals surface area contributed by atoms with Crippen LogP contribution in [0.5, 0.6) is 0 Å². The number of aromatic nitrogens is 2. The lowest BCUT2D eigenvalue weighted by Gasteiger charge is -2.17. The van der Waals surface area contributed by atoms with Gasteiger partial charge >= 0.3 is 13.5 Å². The maximum absolute atomic E-state index is 12.6. The number of nitrogens with zero attached hydrogens (tertiary/aromatic N) is 2. The number of anilines is 1. The van der Waals surface area contributed by atoms with Gasteiger partial charge in [-0.2, -0.15) is 9.93 Å². The average Bonchev–Trinajstić information content (AvgIpc) is 2.72. The number of hydrogen-bond acceptors (Lipinski definition) is 8. The molecule has 0 saturated carbocycles. The van der Waals surface area contributed by atoms with Gasteiger partial charge in [-0.15, -0.1) is 0 Å². The number of phosphoric ester groups is 1. The minimum atomic E-state index is -4.80. The average molecular weight is 341 g/mol. The summed E-state index contributed by atoms with van der Waals surface area (Å²) in [5, 5.41) is 9.84. The van der Waals surface area contributed by atoms with Crippen LogP contribution in [0.4, 0.5) is 10.3 Å². The van der Waals surface area contributed by atoms with Crippen LogP contribution in [0.25, 0.3) is 0 Å². The Labute approximate surface area is 122 Å². The number of rotatable bonds is 5. The zero-order valence-corrected chi connectivity index (χ0v) is 11.7. The van der Waals surface area contributed by atoms with Crippen molar-refractivity contribution in [1.29, 1.82) is 0 Å². The highest BCUT2D eigenvalue weighted by molar-refractivity contribution is 7.46. The third-order valence-electron chi connectivity index (χ3n) is 2.95. The predicted octanol–water partition coefficient (Wildman–Crippen LogP) is -1.54. The lowest BCUT2D eigenvalue weighted by atomic mass is 10.1. The zero-order chi connectivity index (χ0) is 16.5. The summed E-state index contributed by atoms with van der Waals surface area (Å²) in [4.78, 5) is 35.9. The van der Waals surface area contributed by atoms with E-state index in [1.807, 2.05) is 0 Å². The van der Waals surface area contributed by atoms with Crippen molar-refractivity contribution in [3.05, 3.63) is 22.7 Å². The number of phosphoric acid groups is 1. The number of halogens is 1. The first-order valence-electron chi connectivity index (χ1n) is 5.88. The van der Waals surface area contributed by atoms with E-state index in [4.69, 9.17) is 20.3 Å². The standard InChI is InChI=1S/C9H13FN3O8P/c10-21-7-6(14)4(3-19-22(16,17)18)20-8(7)13-2-1-5(11)12-9(13)15/h1-2,4,6-8,14H,3H2,(H2,11,12,15)(H2,16,17,18)/t4-,6?,7?,8-/m1/s1. The van der Waals surface area contributed by atoms with Gasteiger partial charge in [0.15, 0.2) is 12.3 Å². The summed E-state index contributed by atoms with van der Waals surface area (Å²) >= 11 is 0. The molecule has 2 unspecified atom stereocenters. The highest BCUT2D eigenvalue weighted by Crippen LogP contribution is 2.38. The van der Waals surface area contributed by atoms with Gasteiger partial charge in [-0.25, -0.2) is 9.36 Å². The van der Waals surface area contributed by atoms with E-state index in [1.165, 1.54) is 6.07 Å². The van der Waals surface area contributed by atoms with E-state index in [2.05, 4.69) is 14.4 Å². The van der Waals surface area contributed by atoms with Crippen molar-refractivity contribution < 1.29 is 38.2 Å². The Morgan fingerprint density at radius 1 is 1.55 bits per heavy atom. The Hall–Kier alpha value is -1.40. The Balaban J connectivity index is 2.21. The quantitative estimate of drug-likeness (QED) is 0.461. The maximum atomic E-state index is 12.6. The Morgan fingerprint density at radius 3 is 2.77 bits per heavy atom. The van der Waals surface area contributed by atoms with E-state index in [0.29, 0.717) is 0 Å². The molecule has 1 aliphatic heterocycles. The fourth-order valence-corrected chi connectivity index (χ4v) is 2.31. The van der Waals surface area contributed by atoms with Crippen molar-refractivity contribution in [2.24, 2.45) is 0 Å². The van der Waals surface area contributed by atoms with E-state index in [1.54, 1.807) is 0 Å². The van der Waals surface area contributed by atoms with Crippen LogP contribution in [-0.2, 0) is 18.8 Å². The molecular weight excluding hydrogens is 328 g/mol. The van der Waals surface area contributed by atoms with Crippen LogP contribution in [0.3, 0.4) is 0 Å². The number of nitrogens with two attached hydrogens (primary N) is 1. The molecule has 1 fully saturated rings. The fraction of sp³-hybridized carbons (Fsp3) is 0.556. The lowest BCUT2D eigenvalue weighted by molar-refractivity contribution is -0.221. The predicted molar refractivity (Wildman–Crippen MR) is 66.8 cm³/mol. The second-order valence-electron chi connectivity index (χ2n) is 4.44. The molecule has 4 atom stereocenters. The number of ether oxygens (including phenoxy) is 1. The van der Waals surface area contributed by atoms with E-state index >= 15 is 0 Å². The molecule has 0 spiro atoms. The SMILES string of the molecule is Nc1ccn([C@@H]2O[C@H](COP(=O)(O)O)C(O)C2OF)c(=O)n1. The van der Waals surface area contributed by atoms with Crippen LogP contribution in [0.15, 0.2) is 17.1 Å². The molecule has 1 aromatic rings. The zero-order valence-electron chi connectivity index (χ0n) is 10.9. The molecule has 1 aliphatic rings. The van der Waals surface area contributed by atoms with Gasteiger partial charge in [0.25, 0.3) is 0 Å². The molecule has 124 valence electrons. The molecule has 22 heavy (non-hydrogen) atoms. The summed E-state index contributed by atoms with van der Waals surface area (Å²) < 4.78 is 33.5. The first-order valence-corrected chi connectivity index (χ1v) is 7.41. The summed E-state index contributed by atoms with van der Waals surface area (Å²) in [6.07, 6.45) is -4.84. The first-order chi connectivity index (χ1) is 10.2. The number of nitrogen functional groups attached to an aromatic ring is 1. The Kier molecular flexibility index (Phi) is 4.92. The molecule has 1 aromatic heterocycles. The molecule has 1 saturated heterocycles. The molecule has 0 radical (unpaired) electrons. The normalized spacial score (nSPS) is 28.9. The second-order valence-corrected chi connectivity index (χ2v) is 5.68. The summed E-state index contributed by atoms with van der Waals surface area (Å²) in [6.45, 7) is -0.737. The van der Waals surface area contributed by atoms with Crippen LogP contribution < -0.4 is 11.4 Å². The smallest absolute Gasteiger partial charge is 0.387 e. The van der Waals surface area contributed by atoms with Gasteiger partial charge in [0.2, 0.25) is 0 Å². The maximum Gasteiger partial charge on any atom is 0.469 e. The summed E-state index contributed by atoms with van der Waals surface area (Å²) in [5.74, 6) is -0.0705. The molecule has 13 heteroatoms. The molecule has 5 N–H and O–H groups in total. The summed E-state index contributed by atoms with van der Waals surface area (Å²) in [7, 11) is -4.80. The largest absolute Gasteiger partial charge is 0.469 e. The van der Waals surface area contributed by atoms with Gasteiger partial charge in [-0.3, -0.25) is 9.09 Å². The first kappa shape index (κ1) is 17.0. The fourth-order valence-electron chi connectivity index (χ4n) is 1.97. The molecule has 0 bridgehead atoms. The highest BCUT2D eigenvalue weighted by atomic mass is 31.2. The number of hydrogen-bond donors (Lipinski definition) is 4. The van der Waals surface area contributed by atoms with Gasteiger partial charge in [-0.05, 0) is 10.6 Å². The van der Waals surface area contributed by atoms with Crippen molar-refractivity contribution in [3.8, 4) is 0 Å². The third kappa shape index (κ3) is 3.67. The Morgan fingerprint density at radius 2 is 2.23 bits per heavy atom. The van der Waals surface area contributed by atoms with Gasteiger partial charge in [0, 0.05) is 6.20 Å². The third-order valence-corrected chi connectivity index (χ3v) is 3.43. The summed E-state index contributed by atoms with van der Waals surface area (Å²) in [6, 6.07) is 1.24. The molecule has 0 amide bonds. The van der Waals surface area contributed by atoms with Crippen molar-refractivity contribution in [3.63, 3.8) is 0 Å². The minimum Gasteiger partial charge on any atom is -0.387 e. The number of aliphatic hydroxyl groups excluding tert-OH is 1. The summed E-state index contributed by atoms with van der Waals surface area (Å²) in [5.41, 5.74) is 4.44. The molecule has 2 heterocycles. The molecular formula is C9H13FN3O8P. The second kappa shape index (κ2) is 6.38. The van der Waals surface area contributed by atoms with E-state index in [-0.39, 0.29) is 5.82 Å². The van der Waals surface area contributed by atoms with Crippen LogP contribution >= 0.6 is 7.82 Å². The van der Waals surface area contributed by atoms with Gasteiger partial charge in [0.05, 0.1) is 6.61 Å². The minimum absolute atomic E-state index is 0.0705. The Bertz CT molecular complexity index is 636. The molecule has 2 rings (SSSR count). The van der Waals surface area contributed by atoms with E-state index in [0.717, 1.165) is 10.8 Å². The van der Waals surface area contributed by atoms with Crippen molar-refractivity contribution in [2.75, 3.05) is 12.3 Å². The van der Waals surface area contributed by atoms with Crippen LogP contribution in [-0.4, -0.2) is 49.4 Å². The van der Waals surface area contributed by atoms with E-state index in [9.17, 15) is 19.0 Å². The van der Waals surface area contributed by atoms with E-state index < -0.39 is 44.7 Å². The molecule has 0 aliphatic carbocycles.